The van der Waals surface area contributed by atoms with Gasteiger partial charge in [-0.2, -0.15) is 5.10 Å². The lowest BCUT2D eigenvalue weighted by molar-refractivity contribution is 0.0607. The molecule has 2 aromatic heterocycles. The SMILES string of the molecule is Cc1cn2nc([C@@H]3CCCCN3C(=O)c3cc(Cl)ccc3NC(=O)N(C)C)cc2nc1N1CCCC1. The van der Waals surface area contributed by atoms with E-state index < -0.39 is 0 Å². The van der Waals surface area contributed by atoms with Crippen molar-refractivity contribution in [3.05, 3.63) is 52.3 Å². The number of likely N-dealkylation sites (tertiary alicyclic amines) is 1. The molecule has 1 atom stereocenters. The van der Waals surface area contributed by atoms with E-state index in [0.29, 0.717) is 22.8 Å². The van der Waals surface area contributed by atoms with E-state index in [4.69, 9.17) is 21.7 Å². The average Bonchev–Trinajstić information content (AvgIpc) is 3.54. The Labute approximate surface area is 216 Å². The van der Waals surface area contributed by atoms with Crippen LogP contribution in [0.15, 0.2) is 30.5 Å². The van der Waals surface area contributed by atoms with E-state index in [0.717, 1.165) is 55.1 Å². The fourth-order valence-electron chi connectivity index (χ4n) is 5.10. The molecule has 0 spiro atoms. The van der Waals surface area contributed by atoms with E-state index in [1.54, 1.807) is 32.3 Å². The maximum atomic E-state index is 13.9. The first-order valence-electron chi connectivity index (χ1n) is 12.5. The predicted octanol–water partition coefficient (Wildman–Crippen LogP) is 4.75. The van der Waals surface area contributed by atoms with Gasteiger partial charge in [-0.3, -0.25) is 4.79 Å². The highest BCUT2D eigenvalue weighted by molar-refractivity contribution is 6.31. The Hall–Kier alpha value is -3.33. The van der Waals surface area contributed by atoms with Crippen LogP contribution >= 0.6 is 11.6 Å². The van der Waals surface area contributed by atoms with Crippen LogP contribution in [-0.4, -0.2) is 70.1 Å². The summed E-state index contributed by atoms with van der Waals surface area (Å²) < 4.78 is 1.82. The zero-order valence-corrected chi connectivity index (χ0v) is 21.8. The molecule has 190 valence electrons. The predicted molar refractivity (Wildman–Crippen MR) is 141 cm³/mol. The molecule has 0 aliphatic carbocycles. The van der Waals surface area contributed by atoms with Gasteiger partial charge < -0.3 is 20.0 Å². The highest BCUT2D eigenvalue weighted by Gasteiger charge is 2.32. The molecule has 2 saturated heterocycles. The topological polar surface area (TPSA) is 86.1 Å². The van der Waals surface area contributed by atoms with Gasteiger partial charge in [0.2, 0.25) is 0 Å². The number of carbonyl (C=O) groups excluding carboxylic acids is 2. The fourth-order valence-corrected chi connectivity index (χ4v) is 5.27. The first-order valence-corrected chi connectivity index (χ1v) is 12.9. The molecule has 0 radical (unpaired) electrons. The molecular formula is C26H32ClN7O2. The third-order valence-corrected chi connectivity index (χ3v) is 7.23. The molecule has 10 heteroatoms. The highest BCUT2D eigenvalue weighted by Crippen LogP contribution is 2.34. The van der Waals surface area contributed by atoms with E-state index in [9.17, 15) is 9.59 Å². The van der Waals surface area contributed by atoms with Gasteiger partial charge in [0.15, 0.2) is 5.65 Å². The molecule has 1 N–H and O–H groups in total. The molecule has 36 heavy (non-hydrogen) atoms. The summed E-state index contributed by atoms with van der Waals surface area (Å²) in [7, 11) is 3.31. The van der Waals surface area contributed by atoms with Crippen LogP contribution in [0.4, 0.5) is 16.3 Å². The number of aryl methyl sites for hydroxylation is 1. The minimum absolute atomic E-state index is 0.171. The molecule has 3 amide bonds. The van der Waals surface area contributed by atoms with Gasteiger partial charge in [0.25, 0.3) is 5.91 Å². The Morgan fingerprint density at radius 3 is 2.58 bits per heavy atom. The van der Waals surface area contributed by atoms with Crippen LogP contribution in [0.25, 0.3) is 5.65 Å². The number of nitrogens with one attached hydrogen (secondary N) is 1. The lowest BCUT2D eigenvalue weighted by atomic mass is 9.98. The van der Waals surface area contributed by atoms with Crippen LogP contribution in [0.5, 0.6) is 0 Å². The number of aromatic nitrogens is 3. The van der Waals surface area contributed by atoms with Crippen molar-refractivity contribution >= 4 is 40.7 Å². The first-order chi connectivity index (χ1) is 17.3. The number of nitrogens with zero attached hydrogens (tertiary/aromatic N) is 6. The van der Waals surface area contributed by atoms with E-state index in [-0.39, 0.29) is 18.0 Å². The Kier molecular flexibility index (Phi) is 6.75. The van der Waals surface area contributed by atoms with Crippen LogP contribution in [-0.2, 0) is 0 Å². The minimum Gasteiger partial charge on any atom is -0.356 e. The summed E-state index contributed by atoms with van der Waals surface area (Å²) in [5.74, 6) is 0.846. The van der Waals surface area contributed by atoms with Crippen molar-refractivity contribution in [2.24, 2.45) is 0 Å². The van der Waals surface area contributed by atoms with Gasteiger partial charge in [-0.05, 0) is 57.2 Å². The van der Waals surface area contributed by atoms with E-state index in [1.165, 1.54) is 17.7 Å². The van der Waals surface area contributed by atoms with E-state index in [2.05, 4.69) is 17.1 Å². The summed E-state index contributed by atoms with van der Waals surface area (Å²) in [6.07, 6.45) is 7.14. The Morgan fingerprint density at radius 1 is 1.08 bits per heavy atom. The monoisotopic (exact) mass is 509 g/mol. The third-order valence-electron chi connectivity index (χ3n) is 6.99. The van der Waals surface area contributed by atoms with Crippen molar-refractivity contribution in [1.29, 1.82) is 0 Å². The molecule has 5 rings (SSSR count). The fraction of sp³-hybridized carbons (Fsp3) is 0.462. The second-order valence-electron chi connectivity index (χ2n) is 9.84. The zero-order chi connectivity index (χ0) is 25.4. The largest absolute Gasteiger partial charge is 0.356 e. The first kappa shape index (κ1) is 24.4. The molecule has 0 bridgehead atoms. The lowest BCUT2D eigenvalue weighted by Crippen LogP contribution is -2.39. The van der Waals surface area contributed by atoms with Crippen LogP contribution in [0.1, 0.15) is 59.8 Å². The molecule has 2 aliphatic rings. The Balaban J connectivity index is 1.47. The molecule has 9 nitrogen and oxygen atoms in total. The van der Waals surface area contributed by atoms with Gasteiger partial charge in [0, 0.05) is 56.6 Å². The average molecular weight is 510 g/mol. The number of fused-ring (bicyclic) bond motifs is 1. The van der Waals surface area contributed by atoms with Gasteiger partial charge in [0.05, 0.1) is 23.0 Å². The normalized spacial score (nSPS) is 18.1. The number of anilines is 2. The summed E-state index contributed by atoms with van der Waals surface area (Å²) in [4.78, 5) is 36.7. The second-order valence-corrected chi connectivity index (χ2v) is 10.3. The van der Waals surface area contributed by atoms with Gasteiger partial charge in [-0.1, -0.05) is 11.6 Å². The van der Waals surface area contributed by atoms with E-state index >= 15 is 0 Å². The van der Waals surface area contributed by atoms with Gasteiger partial charge >= 0.3 is 6.03 Å². The number of halogens is 1. The molecule has 4 heterocycles. The summed E-state index contributed by atoms with van der Waals surface area (Å²) >= 11 is 6.27. The van der Waals surface area contributed by atoms with Gasteiger partial charge in [-0.25, -0.2) is 14.3 Å². The highest BCUT2D eigenvalue weighted by atomic mass is 35.5. The third kappa shape index (κ3) is 4.72. The molecule has 2 fully saturated rings. The molecule has 1 aromatic carbocycles. The summed E-state index contributed by atoms with van der Waals surface area (Å²) in [5.41, 5.74) is 3.52. The second kappa shape index (κ2) is 9.97. The van der Waals surface area contributed by atoms with Gasteiger partial charge in [-0.15, -0.1) is 0 Å². The van der Waals surface area contributed by atoms with Crippen molar-refractivity contribution in [2.75, 3.05) is 43.9 Å². The van der Waals surface area contributed by atoms with Crippen molar-refractivity contribution in [2.45, 2.75) is 45.1 Å². The Morgan fingerprint density at radius 2 is 1.83 bits per heavy atom. The van der Waals surface area contributed by atoms with Crippen molar-refractivity contribution in [1.82, 2.24) is 24.4 Å². The smallest absolute Gasteiger partial charge is 0.321 e. The van der Waals surface area contributed by atoms with Crippen LogP contribution in [0.3, 0.4) is 0 Å². The summed E-state index contributed by atoms with van der Waals surface area (Å²) in [6.45, 7) is 4.74. The Bertz CT molecular complexity index is 1300. The van der Waals surface area contributed by atoms with Crippen LogP contribution in [0.2, 0.25) is 5.02 Å². The number of hydrogen-bond donors (Lipinski definition) is 1. The zero-order valence-electron chi connectivity index (χ0n) is 21.0. The standard InChI is InChI=1S/C26H32ClN7O2/c1-17-16-34-23(29-24(17)32-11-6-7-12-32)15-21(30-34)22-8-4-5-13-33(22)25(35)19-14-18(27)9-10-20(19)28-26(36)31(2)3/h9-10,14-16,22H,4-8,11-13H2,1-3H3,(H,28,36)/t22-/m0/s1. The number of benzene rings is 1. The quantitative estimate of drug-likeness (QED) is 0.548. The van der Waals surface area contributed by atoms with Crippen molar-refractivity contribution in [3.8, 4) is 0 Å². The maximum absolute atomic E-state index is 13.9. The van der Waals surface area contributed by atoms with Crippen LogP contribution < -0.4 is 10.2 Å². The number of hydrogen-bond acceptors (Lipinski definition) is 5. The van der Waals surface area contributed by atoms with Crippen LogP contribution in [0, 0.1) is 6.92 Å². The maximum Gasteiger partial charge on any atom is 0.321 e. The van der Waals surface area contributed by atoms with Crippen molar-refractivity contribution in [3.63, 3.8) is 0 Å². The number of piperidine rings is 1. The van der Waals surface area contributed by atoms with E-state index in [1.807, 2.05) is 21.7 Å². The molecule has 0 unspecified atom stereocenters. The van der Waals surface area contributed by atoms with Crippen molar-refractivity contribution < 1.29 is 9.59 Å². The lowest BCUT2D eigenvalue weighted by Gasteiger charge is -2.35. The number of carbonyl (C=O) groups is 2. The molecule has 0 saturated carbocycles. The number of amides is 3. The van der Waals surface area contributed by atoms with Gasteiger partial charge in [0.1, 0.15) is 5.82 Å². The molecule has 3 aromatic rings. The summed E-state index contributed by atoms with van der Waals surface area (Å²) in [6, 6.07) is 6.48. The molecule has 2 aliphatic heterocycles. The number of urea groups is 1. The number of rotatable bonds is 4. The summed E-state index contributed by atoms with van der Waals surface area (Å²) in [5, 5.41) is 8.10. The minimum atomic E-state index is -0.308. The molecular weight excluding hydrogens is 478 g/mol.